The summed E-state index contributed by atoms with van der Waals surface area (Å²) in [4.78, 5) is 22.8. The fraction of sp³-hybridized carbons (Fsp3) is 0.857. The van der Waals surface area contributed by atoms with Crippen LogP contribution in [-0.2, 0) is 9.59 Å². The van der Waals surface area contributed by atoms with Gasteiger partial charge in [-0.05, 0) is 18.9 Å². The van der Waals surface area contributed by atoms with Crippen LogP contribution in [0.5, 0.6) is 0 Å². The first-order chi connectivity index (χ1) is 8.91. The van der Waals surface area contributed by atoms with Gasteiger partial charge in [0.1, 0.15) is 0 Å². The Balaban J connectivity index is -0.000000540. The summed E-state index contributed by atoms with van der Waals surface area (Å²) in [7, 11) is 0. The third-order valence-corrected chi connectivity index (χ3v) is 2.50. The maximum Gasteiger partial charge on any atom is 0.221 e. The summed E-state index contributed by atoms with van der Waals surface area (Å²) >= 11 is 0. The lowest BCUT2D eigenvalue weighted by Gasteiger charge is -2.09. The topological polar surface area (TPSA) is 70.2 Å². The molecular formula is C14H35N3O2. The molecule has 0 aliphatic heterocycles. The van der Waals surface area contributed by atoms with E-state index >= 15 is 0 Å². The van der Waals surface area contributed by atoms with Gasteiger partial charge in [0.05, 0.1) is 0 Å². The molecule has 0 heterocycles. The first-order valence-electron chi connectivity index (χ1n) is 7.18. The summed E-state index contributed by atoms with van der Waals surface area (Å²) in [5.74, 6) is 0.362. The van der Waals surface area contributed by atoms with Gasteiger partial charge >= 0.3 is 0 Å². The number of hydrogen-bond acceptors (Lipinski definition) is 3. The fourth-order valence-electron chi connectivity index (χ4n) is 1.55. The van der Waals surface area contributed by atoms with E-state index < -0.39 is 0 Å². The molecule has 0 aliphatic rings. The highest BCUT2D eigenvalue weighted by atomic mass is 16.2. The summed E-state index contributed by atoms with van der Waals surface area (Å²) in [5, 5.41) is 8.88. The van der Waals surface area contributed by atoms with Crippen molar-refractivity contribution >= 4 is 11.8 Å². The zero-order chi connectivity index (χ0) is 14.7. The van der Waals surface area contributed by atoms with Crippen LogP contribution in [0.25, 0.3) is 0 Å². The Labute approximate surface area is 121 Å². The van der Waals surface area contributed by atoms with E-state index in [1.807, 2.05) is 13.8 Å². The molecule has 0 saturated heterocycles. The van der Waals surface area contributed by atoms with Crippen molar-refractivity contribution in [3.05, 3.63) is 0 Å². The largest absolute Gasteiger partial charge is 0.356 e. The first-order valence-corrected chi connectivity index (χ1v) is 7.18. The minimum absolute atomic E-state index is 0. The summed E-state index contributed by atoms with van der Waals surface area (Å²) in [6, 6.07) is 0.479. The van der Waals surface area contributed by atoms with Crippen LogP contribution in [0.2, 0.25) is 0 Å². The summed E-state index contributed by atoms with van der Waals surface area (Å²) < 4.78 is 0. The Morgan fingerprint density at radius 3 is 2.16 bits per heavy atom. The van der Waals surface area contributed by atoms with E-state index in [4.69, 9.17) is 0 Å². The molecule has 0 bridgehead atoms. The van der Waals surface area contributed by atoms with Gasteiger partial charge in [-0.25, -0.2) is 0 Å². The van der Waals surface area contributed by atoms with Crippen LogP contribution in [0.1, 0.15) is 51.2 Å². The summed E-state index contributed by atoms with van der Waals surface area (Å²) in [6.07, 6.45) is 1.79. The molecule has 0 rings (SSSR count). The van der Waals surface area contributed by atoms with Crippen LogP contribution in [0.4, 0.5) is 0 Å². The second kappa shape index (κ2) is 10.8. The molecule has 5 nitrogen and oxygen atoms in total. The molecule has 0 aromatic heterocycles. The highest BCUT2D eigenvalue weighted by molar-refractivity contribution is 5.78. The SMILES string of the molecule is CC(C)CC(=O)NCCC(=O)NCCCNC(C)C.[HH].[HH].[HH]. The minimum atomic E-state index is -0.00519. The molecule has 0 aromatic rings. The number of rotatable bonds is 10. The van der Waals surface area contributed by atoms with E-state index in [2.05, 4.69) is 29.8 Å². The van der Waals surface area contributed by atoms with E-state index in [1.54, 1.807) is 0 Å². The monoisotopic (exact) mass is 277 g/mol. The van der Waals surface area contributed by atoms with E-state index in [0.29, 0.717) is 37.9 Å². The quantitative estimate of drug-likeness (QED) is 0.533. The summed E-state index contributed by atoms with van der Waals surface area (Å²) in [6.45, 7) is 10.2. The first kappa shape index (κ1) is 17.9. The van der Waals surface area contributed by atoms with Crippen LogP contribution in [0, 0.1) is 5.92 Å². The van der Waals surface area contributed by atoms with Gasteiger partial charge < -0.3 is 16.0 Å². The average molecular weight is 277 g/mol. The van der Waals surface area contributed by atoms with E-state index in [-0.39, 0.29) is 16.1 Å². The van der Waals surface area contributed by atoms with Gasteiger partial charge in [0.25, 0.3) is 0 Å². The Hall–Kier alpha value is -1.10. The van der Waals surface area contributed by atoms with Crippen LogP contribution >= 0.6 is 0 Å². The maximum absolute atomic E-state index is 11.5. The van der Waals surface area contributed by atoms with Crippen molar-refractivity contribution in [1.82, 2.24) is 16.0 Å². The highest BCUT2D eigenvalue weighted by Gasteiger charge is 2.05. The van der Waals surface area contributed by atoms with Crippen molar-refractivity contribution in [2.24, 2.45) is 5.92 Å². The number of carbonyl (C=O) groups excluding carboxylic acids is 2. The molecule has 0 spiro atoms. The lowest BCUT2D eigenvalue weighted by Crippen LogP contribution is -2.33. The third kappa shape index (κ3) is 13.1. The van der Waals surface area contributed by atoms with Crippen LogP contribution in [0.15, 0.2) is 0 Å². The Kier molecular flexibility index (Phi) is 10.2. The lowest BCUT2D eigenvalue weighted by atomic mass is 10.1. The standard InChI is InChI=1S/C14H29N3O2.3H2/c1-11(2)10-14(19)17-9-6-13(18)16-8-5-7-15-12(3)4;;;/h11-12,15H,5-10H2,1-4H3,(H,16,18)(H,17,19);3*1H. The molecule has 0 atom stereocenters. The molecule has 0 unspecified atom stereocenters. The number of hydrogen-bond donors (Lipinski definition) is 3. The van der Waals surface area contributed by atoms with Gasteiger partial charge in [0.15, 0.2) is 0 Å². The molecule has 5 heteroatoms. The molecule has 0 saturated carbocycles. The van der Waals surface area contributed by atoms with Crippen LogP contribution in [-0.4, -0.2) is 37.5 Å². The van der Waals surface area contributed by atoms with Gasteiger partial charge in [0, 0.05) is 36.3 Å². The van der Waals surface area contributed by atoms with Crippen molar-refractivity contribution in [3.8, 4) is 0 Å². The predicted octanol–water partition coefficient (Wildman–Crippen LogP) is 1.78. The molecular weight excluding hydrogens is 242 g/mol. The van der Waals surface area contributed by atoms with E-state index in [0.717, 1.165) is 13.0 Å². The number of nitrogens with one attached hydrogen (secondary N) is 3. The Morgan fingerprint density at radius 2 is 1.58 bits per heavy atom. The number of amides is 2. The van der Waals surface area contributed by atoms with Crippen molar-refractivity contribution in [3.63, 3.8) is 0 Å². The fourth-order valence-corrected chi connectivity index (χ4v) is 1.55. The van der Waals surface area contributed by atoms with Crippen molar-refractivity contribution in [2.45, 2.75) is 53.0 Å². The molecule has 0 aromatic carbocycles. The highest BCUT2D eigenvalue weighted by Crippen LogP contribution is 1.97. The third-order valence-electron chi connectivity index (χ3n) is 2.50. The van der Waals surface area contributed by atoms with Crippen molar-refractivity contribution in [1.29, 1.82) is 0 Å². The molecule has 118 valence electrons. The van der Waals surface area contributed by atoms with Gasteiger partial charge in [-0.15, -0.1) is 0 Å². The lowest BCUT2D eigenvalue weighted by molar-refractivity contribution is -0.122. The van der Waals surface area contributed by atoms with E-state index in [1.165, 1.54) is 0 Å². The molecule has 3 N–H and O–H groups in total. The molecule has 0 radical (unpaired) electrons. The second-order valence-electron chi connectivity index (χ2n) is 5.51. The average Bonchev–Trinajstić information content (AvgIpc) is 2.27. The molecule has 2 amide bonds. The maximum atomic E-state index is 11.5. The second-order valence-corrected chi connectivity index (χ2v) is 5.51. The van der Waals surface area contributed by atoms with Crippen LogP contribution < -0.4 is 16.0 Å². The minimum Gasteiger partial charge on any atom is -0.356 e. The summed E-state index contributed by atoms with van der Waals surface area (Å²) in [5.41, 5.74) is 0. The van der Waals surface area contributed by atoms with E-state index in [9.17, 15) is 9.59 Å². The number of carbonyl (C=O) groups is 2. The van der Waals surface area contributed by atoms with Gasteiger partial charge in [-0.3, -0.25) is 9.59 Å². The predicted molar refractivity (Wildman–Crippen MR) is 84.2 cm³/mol. The zero-order valence-corrected chi connectivity index (χ0v) is 12.7. The molecule has 19 heavy (non-hydrogen) atoms. The van der Waals surface area contributed by atoms with Crippen molar-refractivity contribution < 1.29 is 13.9 Å². The van der Waals surface area contributed by atoms with Gasteiger partial charge in [-0.1, -0.05) is 27.7 Å². The molecule has 0 fully saturated rings. The molecule has 0 aliphatic carbocycles. The van der Waals surface area contributed by atoms with Gasteiger partial charge in [-0.2, -0.15) is 0 Å². The Morgan fingerprint density at radius 1 is 0.947 bits per heavy atom. The van der Waals surface area contributed by atoms with Crippen molar-refractivity contribution in [2.75, 3.05) is 19.6 Å². The van der Waals surface area contributed by atoms with Crippen LogP contribution in [0.3, 0.4) is 0 Å². The van der Waals surface area contributed by atoms with Gasteiger partial charge in [0.2, 0.25) is 11.8 Å². The smallest absolute Gasteiger partial charge is 0.221 e. The Bertz CT molecular complexity index is 278. The zero-order valence-electron chi connectivity index (χ0n) is 12.7. The normalized spacial score (nSPS) is 10.8.